The number of alkyl halides is 3. The Balaban J connectivity index is 1.67. The average Bonchev–Trinajstić information content (AvgIpc) is 3.29. The van der Waals surface area contributed by atoms with Crippen molar-refractivity contribution in [1.29, 1.82) is 0 Å². The van der Waals surface area contributed by atoms with Gasteiger partial charge in [-0.3, -0.25) is 9.78 Å². The number of carbonyl (C=O) groups excluding carboxylic acids is 1. The summed E-state index contributed by atoms with van der Waals surface area (Å²) in [6.07, 6.45) is -3.13. The van der Waals surface area contributed by atoms with Gasteiger partial charge in [0.05, 0.1) is 5.41 Å². The summed E-state index contributed by atoms with van der Waals surface area (Å²) in [4.78, 5) is 20.5. The van der Waals surface area contributed by atoms with Gasteiger partial charge in [0, 0.05) is 26.4 Å². The van der Waals surface area contributed by atoms with Crippen LogP contribution in [0.2, 0.25) is 25.7 Å². The number of hydrogen-bond acceptors (Lipinski definition) is 7. The lowest BCUT2D eigenvalue weighted by atomic mass is 9.94. The van der Waals surface area contributed by atoms with Crippen LogP contribution in [0.4, 0.5) is 13.2 Å². The van der Waals surface area contributed by atoms with Crippen molar-refractivity contribution in [3.63, 3.8) is 0 Å². The van der Waals surface area contributed by atoms with Crippen molar-refractivity contribution in [1.82, 2.24) is 19.7 Å². The predicted octanol–water partition coefficient (Wildman–Crippen LogP) is 7.08. The first-order valence-corrected chi connectivity index (χ1v) is 17.1. The van der Waals surface area contributed by atoms with Crippen molar-refractivity contribution in [2.24, 2.45) is 5.41 Å². The molecule has 224 valence electrons. The van der Waals surface area contributed by atoms with Crippen LogP contribution in [-0.4, -0.2) is 52.6 Å². The minimum absolute atomic E-state index is 0.131. The standard InChI is InChI=1S/C29H39F3N4O4Si/c1-27(2,3)40-26(37)28(4,5)18-39-22-12-9-20(10-13-22)21-11-14-23(33-17-21)24-34-25(29(30,31)32)36(35-24)19-38-15-16-41(6,7)8/h9-14,17H,15-16,18-19H2,1-8H3. The number of rotatable bonds is 11. The first-order valence-electron chi connectivity index (χ1n) is 13.4. The maximum absolute atomic E-state index is 13.6. The molecule has 0 amide bonds. The first kappa shape index (κ1) is 32.3. The second-order valence-electron chi connectivity index (χ2n) is 12.7. The number of carbonyl (C=O) groups is 1. The van der Waals surface area contributed by atoms with E-state index in [4.69, 9.17) is 14.2 Å². The molecule has 3 rings (SSSR count). The summed E-state index contributed by atoms with van der Waals surface area (Å²) in [7, 11) is -1.38. The summed E-state index contributed by atoms with van der Waals surface area (Å²) in [5.41, 5.74) is 0.369. The quantitative estimate of drug-likeness (QED) is 0.133. The SMILES string of the molecule is CC(C)(C)OC(=O)C(C)(C)COc1ccc(-c2ccc(-c3nc(C(F)(F)F)n(COCC[Si](C)(C)C)n3)nc2)cc1. The molecule has 8 nitrogen and oxygen atoms in total. The van der Waals surface area contributed by atoms with Gasteiger partial charge in [0.25, 0.3) is 0 Å². The van der Waals surface area contributed by atoms with Crippen LogP contribution < -0.4 is 4.74 Å². The van der Waals surface area contributed by atoms with Gasteiger partial charge < -0.3 is 14.2 Å². The van der Waals surface area contributed by atoms with Crippen LogP contribution in [0.3, 0.4) is 0 Å². The van der Waals surface area contributed by atoms with E-state index >= 15 is 0 Å². The van der Waals surface area contributed by atoms with Gasteiger partial charge in [-0.15, -0.1) is 5.10 Å². The van der Waals surface area contributed by atoms with E-state index in [1.807, 2.05) is 32.9 Å². The zero-order chi connectivity index (χ0) is 30.6. The zero-order valence-electron chi connectivity index (χ0n) is 24.9. The second-order valence-corrected chi connectivity index (χ2v) is 18.4. The van der Waals surface area contributed by atoms with Gasteiger partial charge in [0.1, 0.15) is 30.4 Å². The number of nitrogens with zero attached hydrogens (tertiary/aromatic N) is 4. The van der Waals surface area contributed by atoms with E-state index in [2.05, 4.69) is 34.7 Å². The van der Waals surface area contributed by atoms with E-state index in [9.17, 15) is 18.0 Å². The summed E-state index contributed by atoms with van der Waals surface area (Å²) < 4.78 is 58.3. The summed E-state index contributed by atoms with van der Waals surface area (Å²) in [6, 6.07) is 11.4. The fraction of sp³-hybridized carbons (Fsp3) is 0.517. The topological polar surface area (TPSA) is 88.4 Å². The molecule has 41 heavy (non-hydrogen) atoms. The van der Waals surface area contributed by atoms with Gasteiger partial charge in [-0.05, 0) is 64.4 Å². The lowest BCUT2D eigenvalue weighted by molar-refractivity contribution is -0.167. The third kappa shape index (κ3) is 9.67. The van der Waals surface area contributed by atoms with Crippen LogP contribution in [0.5, 0.6) is 5.75 Å². The molecule has 0 unspecified atom stereocenters. The fourth-order valence-corrected chi connectivity index (χ4v) is 4.22. The highest BCUT2D eigenvalue weighted by Crippen LogP contribution is 2.30. The third-order valence-corrected chi connectivity index (χ3v) is 7.57. The average molecular weight is 593 g/mol. The maximum atomic E-state index is 13.6. The van der Waals surface area contributed by atoms with Crippen LogP contribution in [0.1, 0.15) is 40.4 Å². The fourth-order valence-electron chi connectivity index (χ4n) is 3.46. The van der Waals surface area contributed by atoms with Gasteiger partial charge in [-0.25, -0.2) is 9.67 Å². The molecule has 2 aromatic heterocycles. The highest BCUT2D eigenvalue weighted by atomic mass is 28.3. The molecule has 0 N–H and O–H groups in total. The lowest BCUT2D eigenvalue weighted by Gasteiger charge is -2.28. The zero-order valence-corrected chi connectivity index (χ0v) is 25.9. The van der Waals surface area contributed by atoms with Crippen LogP contribution in [0, 0.1) is 5.41 Å². The van der Waals surface area contributed by atoms with Crippen LogP contribution in [0.15, 0.2) is 42.6 Å². The summed E-state index contributed by atoms with van der Waals surface area (Å²) in [6.45, 7) is 15.6. The minimum atomic E-state index is -4.68. The van der Waals surface area contributed by atoms with E-state index < -0.39 is 31.1 Å². The maximum Gasteiger partial charge on any atom is 0.451 e. The van der Waals surface area contributed by atoms with Crippen LogP contribution >= 0.6 is 0 Å². The van der Waals surface area contributed by atoms with Crippen LogP contribution in [-0.2, 0) is 27.2 Å². The molecule has 0 saturated heterocycles. The van der Waals surface area contributed by atoms with E-state index in [0.29, 0.717) is 12.4 Å². The number of pyridine rings is 1. The molecule has 0 atom stereocenters. The Hall–Kier alpha value is -3.25. The van der Waals surface area contributed by atoms with Crippen molar-refractivity contribution in [3.05, 3.63) is 48.4 Å². The Bertz CT molecular complexity index is 1310. The monoisotopic (exact) mass is 592 g/mol. The molecule has 3 aromatic rings. The number of hydrogen-bond donors (Lipinski definition) is 0. The van der Waals surface area contributed by atoms with E-state index in [-0.39, 0.29) is 30.8 Å². The Morgan fingerprint density at radius 1 is 0.951 bits per heavy atom. The molecule has 0 spiro atoms. The van der Waals surface area contributed by atoms with Gasteiger partial charge in [0.15, 0.2) is 5.82 Å². The molecule has 0 aliphatic rings. The highest BCUT2D eigenvalue weighted by Gasteiger charge is 2.38. The first-order chi connectivity index (χ1) is 18.8. The molecule has 1 aromatic carbocycles. The molecule has 0 saturated carbocycles. The van der Waals surface area contributed by atoms with Crippen molar-refractivity contribution in [3.8, 4) is 28.4 Å². The molecule has 0 radical (unpaired) electrons. The van der Waals surface area contributed by atoms with Crippen molar-refractivity contribution in [2.75, 3.05) is 13.2 Å². The summed E-state index contributed by atoms with van der Waals surface area (Å²) in [5.74, 6) is -1.02. The summed E-state index contributed by atoms with van der Waals surface area (Å²) in [5, 5.41) is 4.03. The van der Waals surface area contributed by atoms with Gasteiger partial charge >= 0.3 is 12.1 Å². The largest absolute Gasteiger partial charge is 0.492 e. The number of ether oxygens (including phenoxy) is 3. The molecule has 0 aliphatic heterocycles. The highest BCUT2D eigenvalue weighted by molar-refractivity contribution is 6.76. The second kappa shape index (κ2) is 12.3. The Labute approximate surface area is 240 Å². The Morgan fingerprint density at radius 3 is 2.12 bits per heavy atom. The van der Waals surface area contributed by atoms with Crippen molar-refractivity contribution in [2.45, 2.75) is 78.8 Å². The predicted molar refractivity (Wildman–Crippen MR) is 153 cm³/mol. The van der Waals surface area contributed by atoms with Gasteiger partial charge in [-0.2, -0.15) is 13.2 Å². The lowest BCUT2D eigenvalue weighted by Crippen LogP contribution is -2.37. The Morgan fingerprint density at radius 2 is 1.59 bits per heavy atom. The van der Waals surface area contributed by atoms with E-state index in [1.165, 1.54) is 0 Å². The number of benzene rings is 1. The van der Waals surface area contributed by atoms with E-state index in [1.54, 1.807) is 44.3 Å². The van der Waals surface area contributed by atoms with Crippen molar-refractivity contribution >= 4 is 14.0 Å². The molecule has 0 fully saturated rings. The van der Waals surface area contributed by atoms with Gasteiger partial charge in [0.2, 0.25) is 5.82 Å². The normalized spacial score (nSPS) is 12.9. The minimum Gasteiger partial charge on any atom is -0.492 e. The van der Waals surface area contributed by atoms with Crippen molar-refractivity contribution < 1.29 is 32.2 Å². The van der Waals surface area contributed by atoms with E-state index in [0.717, 1.165) is 21.9 Å². The van der Waals surface area contributed by atoms with Crippen LogP contribution in [0.25, 0.3) is 22.6 Å². The van der Waals surface area contributed by atoms with Gasteiger partial charge in [-0.1, -0.05) is 37.8 Å². The molecule has 0 aliphatic carbocycles. The third-order valence-electron chi connectivity index (χ3n) is 5.87. The molecular formula is C29H39F3N4O4Si. The number of esters is 1. The number of aromatic nitrogens is 4. The molecule has 0 bridgehead atoms. The molecule has 12 heteroatoms. The summed E-state index contributed by atoms with van der Waals surface area (Å²) >= 11 is 0. The smallest absolute Gasteiger partial charge is 0.451 e. The number of halogens is 3. The Kier molecular flexibility index (Phi) is 9.69. The molecular weight excluding hydrogens is 553 g/mol. The molecule has 2 heterocycles.